The molecule has 0 aromatic heterocycles. The Morgan fingerprint density at radius 1 is 1.42 bits per heavy atom. The predicted molar refractivity (Wildman–Crippen MR) is 50.1 cm³/mol. The van der Waals surface area contributed by atoms with Gasteiger partial charge in [0.2, 0.25) is 0 Å². The summed E-state index contributed by atoms with van der Waals surface area (Å²) in [5.41, 5.74) is 0. The zero-order valence-electron chi connectivity index (χ0n) is 8.34. The molecule has 0 aromatic carbocycles. The highest BCUT2D eigenvalue weighted by Gasteiger charge is 2.27. The largest absolute Gasteiger partial charge is 0.309 e. The first-order valence-corrected chi connectivity index (χ1v) is 4.79. The van der Waals surface area contributed by atoms with Crippen LogP contribution in [0, 0.1) is 11.8 Å². The van der Waals surface area contributed by atoms with Crippen molar-refractivity contribution in [1.82, 2.24) is 4.90 Å². The van der Waals surface area contributed by atoms with Crippen LogP contribution in [0.15, 0.2) is 0 Å². The predicted octanol–water partition coefficient (Wildman–Crippen LogP) is 1.55. The highest BCUT2D eigenvalue weighted by molar-refractivity contribution is 5.83. The topological polar surface area (TPSA) is 20.3 Å². The molecule has 0 N–H and O–H groups in total. The van der Waals surface area contributed by atoms with Crippen molar-refractivity contribution in [1.29, 1.82) is 0 Å². The van der Waals surface area contributed by atoms with E-state index >= 15 is 0 Å². The molecule has 1 aliphatic rings. The summed E-state index contributed by atoms with van der Waals surface area (Å²) in [6, 6.07) is 0. The fraction of sp³-hybridized carbons (Fsp3) is 0.900. The monoisotopic (exact) mass is 169 g/mol. The van der Waals surface area contributed by atoms with Gasteiger partial charge in [-0.25, -0.2) is 0 Å². The van der Waals surface area contributed by atoms with Crippen molar-refractivity contribution in [2.45, 2.75) is 26.2 Å². The molecular weight excluding hydrogens is 150 g/mol. The van der Waals surface area contributed by atoms with Crippen LogP contribution in [0.5, 0.6) is 0 Å². The molecule has 0 spiro atoms. The summed E-state index contributed by atoms with van der Waals surface area (Å²) in [5.74, 6) is 1.10. The molecule has 1 rings (SSSR count). The third-order valence-corrected chi connectivity index (χ3v) is 2.66. The van der Waals surface area contributed by atoms with Gasteiger partial charge in [-0.3, -0.25) is 4.79 Å². The third kappa shape index (κ3) is 2.31. The standard InChI is InChI=1S/C10H19NO/c1-8-5-4-6-9(10(8)12)7-11(2)3/h8-9H,4-7H2,1-3H3/t8-,9-/m1/s1. The van der Waals surface area contributed by atoms with E-state index in [4.69, 9.17) is 0 Å². The number of hydrogen-bond donors (Lipinski definition) is 0. The molecule has 0 aromatic rings. The van der Waals surface area contributed by atoms with Crippen LogP contribution in [-0.2, 0) is 4.79 Å². The molecule has 2 atom stereocenters. The second-order valence-electron chi connectivity index (χ2n) is 4.19. The van der Waals surface area contributed by atoms with Crippen molar-refractivity contribution >= 4 is 5.78 Å². The average molecular weight is 169 g/mol. The van der Waals surface area contributed by atoms with E-state index in [0.717, 1.165) is 19.4 Å². The first-order valence-electron chi connectivity index (χ1n) is 4.79. The Hall–Kier alpha value is -0.370. The molecule has 0 saturated heterocycles. The van der Waals surface area contributed by atoms with E-state index in [9.17, 15) is 4.79 Å². The lowest BCUT2D eigenvalue weighted by atomic mass is 9.81. The van der Waals surface area contributed by atoms with Crippen LogP contribution < -0.4 is 0 Å². The van der Waals surface area contributed by atoms with E-state index in [2.05, 4.69) is 11.8 Å². The lowest BCUT2D eigenvalue weighted by Gasteiger charge is -2.27. The van der Waals surface area contributed by atoms with Gasteiger partial charge in [-0.2, -0.15) is 0 Å². The second-order valence-corrected chi connectivity index (χ2v) is 4.19. The number of hydrogen-bond acceptors (Lipinski definition) is 2. The normalized spacial score (nSPS) is 31.2. The van der Waals surface area contributed by atoms with Gasteiger partial charge < -0.3 is 4.90 Å². The van der Waals surface area contributed by atoms with Crippen LogP contribution in [0.25, 0.3) is 0 Å². The Labute approximate surface area is 74.9 Å². The number of carbonyl (C=O) groups excluding carboxylic acids is 1. The van der Waals surface area contributed by atoms with Crippen molar-refractivity contribution < 1.29 is 4.79 Å². The van der Waals surface area contributed by atoms with Crippen LogP contribution in [0.2, 0.25) is 0 Å². The molecule has 1 fully saturated rings. The van der Waals surface area contributed by atoms with Gasteiger partial charge in [0, 0.05) is 18.4 Å². The van der Waals surface area contributed by atoms with Gasteiger partial charge >= 0.3 is 0 Å². The maximum Gasteiger partial charge on any atom is 0.140 e. The van der Waals surface area contributed by atoms with Gasteiger partial charge in [-0.15, -0.1) is 0 Å². The molecule has 12 heavy (non-hydrogen) atoms. The average Bonchev–Trinajstić information content (AvgIpc) is 1.98. The summed E-state index contributed by atoms with van der Waals surface area (Å²) in [7, 11) is 4.07. The van der Waals surface area contributed by atoms with Gasteiger partial charge in [0.15, 0.2) is 0 Å². The lowest BCUT2D eigenvalue weighted by molar-refractivity contribution is -0.129. The summed E-state index contributed by atoms with van der Waals surface area (Å²) in [6.45, 7) is 2.99. The lowest BCUT2D eigenvalue weighted by Crippen LogP contribution is -2.34. The molecule has 0 amide bonds. The van der Waals surface area contributed by atoms with E-state index in [1.807, 2.05) is 14.1 Å². The molecule has 1 aliphatic carbocycles. The van der Waals surface area contributed by atoms with Gasteiger partial charge in [0.25, 0.3) is 0 Å². The number of Topliss-reactive ketones (excluding diaryl/α,β-unsaturated/α-hetero) is 1. The minimum absolute atomic E-state index is 0.309. The highest BCUT2D eigenvalue weighted by Crippen LogP contribution is 2.25. The fourth-order valence-electron chi connectivity index (χ4n) is 1.98. The zero-order chi connectivity index (χ0) is 9.14. The van der Waals surface area contributed by atoms with Crippen LogP contribution in [0.4, 0.5) is 0 Å². The van der Waals surface area contributed by atoms with Gasteiger partial charge in [0.1, 0.15) is 5.78 Å². The second kappa shape index (κ2) is 4.04. The molecule has 0 heterocycles. The van der Waals surface area contributed by atoms with Crippen molar-refractivity contribution in [3.05, 3.63) is 0 Å². The maximum absolute atomic E-state index is 11.6. The molecule has 2 nitrogen and oxygen atoms in total. The van der Waals surface area contributed by atoms with Crippen LogP contribution in [0.3, 0.4) is 0 Å². The van der Waals surface area contributed by atoms with E-state index < -0.39 is 0 Å². The van der Waals surface area contributed by atoms with E-state index in [1.165, 1.54) is 6.42 Å². The molecule has 0 radical (unpaired) electrons. The van der Waals surface area contributed by atoms with E-state index in [-0.39, 0.29) is 0 Å². The summed E-state index contributed by atoms with van der Waals surface area (Å²) < 4.78 is 0. The van der Waals surface area contributed by atoms with Crippen molar-refractivity contribution in [3.8, 4) is 0 Å². The SMILES string of the molecule is C[C@@H]1CCC[C@H](CN(C)C)C1=O. The minimum atomic E-state index is 0.309. The van der Waals surface area contributed by atoms with E-state index in [1.54, 1.807) is 0 Å². The third-order valence-electron chi connectivity index (χ3n) is 2.66. The Morgan fingerprint density at radius 2 is 2.08 bits per heavy atom. The smallest absolute Gasteiger partial charge is 0.140 e. The Balaban J connectivity index is 2.46. The first-order chi connectivity index (χ1) is 5.61. The van der Waals surface area contributed by atoms with Crippen molar-refractivity contribution in [2.24, 2.45) is 11.8 Å². The Kier molecular flexibility index (Phi) is 3.27. The Bertz CT molecular complexity index is 165. The number of rotatable bonds is 2. The van der Waals surface area contributed by atoms with Crippen LogP contribution in [0.1, 0.15) is 26.2 Å². The van der Waals surface area contributed by atoms with E-state index in [0.29, 0.717) is 17.6 Å². The zero-order valence-corrected chi connectivity index (χ0v) is 8.34. The summed E-state index contributed by atoms with van der Waals surface area (Å²) in [6.07, 6.45) is 3.43. The van der Waals surface area contributed by atoms with Crippen LogP contribution >= 0.6 is 0 Å². The van der Waals surface area contributed by atoms with Crippen LogP contribution in [-0.4, -0.2) is 31.3 Å². The van der Waals surface area contributed by atoms with Gasteiger partial charge in [-0.05, 0) is 26.9 Å². The molecule has 0 bridgehead atoms. The molecular formula is C10H19NO. The molecule has 70 valence electrons. The number of ketones is 1. The first kappa shape index (κ1) is 9.72. The van der Waals surface area contributed by atoms with Crippen molar-refractivity contribution in [3.63, 3.8) is 0 Å². The van der Waals surface area contributed by atoms with Gasteiger partial charge in [-0.1, -0.05) is 13.3 Å². The molecule has 1 saturated carbocycles. The minimum Gasteiger partial charge on any atom is -0.309 e. The number of nitrogens with zero attached hydrogens (tertiary/aromatic N) is 1. The Morgan fingerprint density at radius 3 is 2.67 bits per heavy atom. The van der Waals surface area contributed by atoms with Crippen molar-refractivity contribution in [2.75, 3.05) is 20.6 Å². The quantitative estimate of drug-likeness (QED) is 0.625. The summed E-state index contributed by atoms with van der Waals surface area (Å²) in [5, 5.41) is 0. The molecule has 2 heteroatoms. The molecule has 0 aliphatic heterocycles. The summed E-state index contributed by atoms with van der Waals surface area (Å²) in [4.78, 5) is 13.7. The maximum atomic E-state index is 11.6. The highest BCUT2D eigenvalue weighted by atomic mass is 16.1. The number of carbonyl (C=O) groups is 1. The summed E-state index contributed by atoms with van der Waals surface area (Å²) >= 11 is 0. The molecule has 0 unspecified atom stereocenters. The van der Waals surface area contributed by atoms with Gasteiger partial charge in [0.05, 0.1) is 0 Å². The fourth-order valence-corrected chi connectivity index (χ4v) is 1.98.